The molecule has 0 unspecified atom stereocenters. The molecule has 2 N–H and O–H groups in total. The Hall–Kier alpha value is -1.10. The van der Waals surface area contributed by atoms with Gasteiger partial charge in [0.1, 0.15) is 0 Å². The first kappa shape index (κ1) is 14.3. The van der Waals surface area contributed by atoms with Crippen molar-refractivity contribution in [1.29, 1.82) is 0 Å². The highest BCUT2D eigenvalue weighted by Gasteiger charge is 2.05. The van der Waals surface area contributed by atoms with E-state index in [1.165, 1.54) is 17.8 Å². The quantitative estimate of drug-likeness (QED) is 0.848. The molecule has 0 heterocycles. The molecule has 0 saturated carbocycles. The maximum atomic E-state index is 13.1. The second-order valence-corrected chi connectivity index (χ2v) is 5.45. The van der Waals surface area contributed by atoms with Gasteiger partial charge in [-0.3, -0.25) is 0 Å². The minimum absolute atomic E-state index is 0.441. The van der Waals surface area contributed by atoms with Crippen LogP contribution < -0.4 is 5.73 Å². The number of hydrogen-bond acceptors (Lipinski definition) is 2. The fraction of sp³-hybridized carbons (Fsp3) is 0.143. The van der Waals surface area contributed by atoms with Gasteiger partial charge in [-0.25, -0.2) is 8.78 Å². The summed E-state index contributed by atoms with van der Waals surface area (Å²) in [6.07, 6.45) is 0. The van der Waals surface area contributed by atoms with E-state index >= 15 is 0 Å². The van der Waals surface area contributed by atoms with Crippen molar-refractivity contribution in [3.63, 3.8) is 0 Å². The molecule has 1 nitrogen and oxygen atoms in total. The second-order valence-electron chi connectivity index (χ2n) is 3.99. The number of nitrogens with two attached hydrogens (primary N) is 1. The topological polar surface area (TPSA) is 26.0 Å². The fourth-order valence-electron chi connectivity index (χ4n) is 1.56. The summed E-state index contributed by atoms with van der Waals surface area (Å²) in [5.74, 6) is -1.08. The molecule has 100 valence electrons. The zero-order valence-electron chi connectivity index (χ0n) is 10.00. The third-order valence-corrected chi connectivity index (χ3v) is 4.03. The van der Waals surface area contributed by atoms with E-state index in [4.69, 9.17) is 17.3 Å². The van der Waals surface area contributed by atoms with Crippen LogP contribution in [0.2, 0.25) is 5.02 Å². The Morgan fingerprint density at radius 2 is 1.84 bits per heavy atom. The first-order chi connectivity index (χ1) is 9.10. The lowest BCUT2D eigenvalue weighted by Gasteiger charge is -2.06. The number of benzene rings is 2. The highest BCUT2D eigenvalue weighted by atomic mass is 35.5. The van der Waals surface area contributed by atoms with Crippen molar-refractivity contribution in [2.45, 2.75) is 17.2 Å². The maximum Gasteiger partial charge on any atom is 0.159 e. The summed E-state index contributed by atoms with van der Waals surface area (Å²) in [5.41, 5.74) is 7.43. The van der Waals surface area contributed by atoms with Crippen molar-refractivity contribution >= 4 is 23.4 Å². The fourth-order valence-corrected chi connectivity index (χ4v) is 2.84. The highest BCUT2D eigenvalue weighted by molar-refractivity contribution is 7.98. The van der Waals surface area contributed by atoms with Crippen molar-refractivity contribution in [2.24, 2.45) is 5.73 Å². The first-order valence-corrected chi connectivity index (χ1v) is 7.01. The molecule has 0 spiro atoms. The Bertz CT molecular complexity index is 590. The molecule has 0 aliphatic heterocycles. The van der Waals surface area contributed by atoms with Crippen LogP contribution in [0, 0.1) is 11.6 Å². The van der Waals surface area contributed by atoms with Gasteiger partial charge in [0, 0.05) is 22.2 Å². The molecule has 2 aromatic rings. The van der Waals surface area contributed by atoms with Crippen molar-refractivity contribution < 1.29 is 8.78 Å². The van der Waals surface area contributed by atoms with Gasteiger partial charge in [-0.15, -0.1) is 11.8 Å². The smallest absolute Gasteiger partial charge is 0.159 e. The Morgan fingerprint density at radius 3 is 2.47 bits per heavy atom. The van der Waals surface area contributed by atoms with Crippen LogP contribution in [0.25, 0.3) is 0 Å². The van der Waals surface area contributed by atoms with Gasteiger partial charge in [-0.1, -0.05) is 23.7 Å². The molecule has 2 rings (SSSR count). The van der Waals surface area contributed by atoms with E-state index in [9.17, 15) is 8.78 Å². The second kappa shape index (κ2) is 6.37. The Morgan fingerprint density at radius 1 is 1.05 bits per heavy atom. The van der Waals surface area contributed by atoms with E-state index in [0.29, 0.717) is 22.2 Å². The number of hydrogen-bond donors (Lipinski definition) is 1. The van der Waals surface area contributed by atoms with Crippen LogP contribution in [-0.4, -0.2) is 0 Å². The number of thioether (sulfide) groups is 1. The van der Waals surface area contributed by atoms with Crippen LogP contribution in [0.15, 0.2) is 41.3 Å². The van der Waals surface area contributed by atoms with Crippen LogP contribution in [0.3, 0.4) is 0 Å². The summed E-state index contributed by atoms with van der Waals surface area (Å²) in [6.45, 7) is 0.441. The first-order valence-electron chi connectivity index (χ1n) is 5.65. The molecule has 0 radical (unpaired) electrons. The van der Waals surface area contributed by atoms with Gasteiger partial charge >= 0.3 is 0 Å². The summed E-state index contributed by atoms with van der Waals surface area (Å²) in [5, 5.41) is 0.637. The summed E-state index contributed by atoms with van der Waals surface area (Å²) in [6, 6.07) is 9.48. The van der Waals surface area contributed by atoms with Gasteiger partial charge in [-0.2, -0.15) is 0 Å². The molecule has 0 bridgehead atoms. The molecule has 0 fully saturated rings. The van der Waals surface area contributed by atoms with E-state index in [2.05, 4.69) is 0 Å². The van der Waals surface area contributed by atoms with Gasteiger partial charge in [0.15, 0.2) is 11.6 Å². The minimum Gasteiger partial charge on any atom is -0.326 e. The van der Waals surface area contributed by atoms with E-state index in [1.807, 2.05) is 18.2 Å². The largest absolute Gasteiger partial charge is 0.326 e. The average molecular weight is 300 g/mol. The van der Waals surface area contributed by atoms with E-state index < -0.39 is 11.6 Å². The molecular weight excluding hydrogens is 288 g/mol. The van der Waals surface area contributed by atoms with E-state index in [-0.39, 0.29) is 0 Å². The van der Waals surface area contributed by atoms with Crippen LogP contribution in [-0.2, 0) is 12.3 Å². The highest BCUT2D eigenvalue weighted by Crippen LogP contribution is 2.28. The van der Waals surface area contributed by atoms with Crippen LogP contribution in [0.5, 0.6) is 0 Å². The normalized spacial score (nSPS) is 10.7. The lowest BCUT2D eigenvalue weighted by atomic mass is 10.1. The summed E-state index contributed by atoms with van der Waals surface area (Å²) >= 11 is 7.53. The molecule has 19 heavy (non-hydrogen) atoms. The molecule has 0 aliphatic carbocycles. The van der Waals surface area contributed by atoms with Gasteiger partial charge in [-0.05, 0) is 35.4 Å². The molecule has 0 aromatic heterocycles. The third-order valence-electron chi connectivity index (χ3n) is 2.64. The Balaban J connectivity index is 2.07. The Kier molecular flexibility index (Phi) is 4.80. The SMILES string of the molecule is NCc1ccc(CSc2ccc(F)c(F)c2)c(Cl)c1. The third kappa shape index (κ3) is 3.69. The van der Waals surface area contributed by atoms with Crippen molar-refractivity contribution in [3.05, 3.63) is 64.2 Å². The minimum atomic E-state index is -0.838. The molecule has 2 aromatic carbocycles. The molecule has 0 aliphatic rings. The predicted molar refractivity (Wildman–Crippen MR) is 75.3 cm³/mol. The zero-order chi connectivity index (χ0) is 13.8. The maximum absolute atomic E-state index is 13.1. The Labute approximate surface area is 119 Å². The predicted octanol–water partition coefficient (Wildman–Crippen LogP) is 4.37. The van der Waals surface area contributed by atoms with Crippen molar-refractivity contribution in [2.75, 3.05) is 0 Å². The summed E-state index contributed by atoms with van der Waals surface area (Å²) < 4.78 is 25.8. The van der Waals surface area contributed by atoms with Gasteiger partial charge in [0.05, 0.1) is 0 Å². The van der Waals surface area contributed by atoms with Crippen LogP contribution >= 0.6 is 23.4 Å². The lowest BCUT2D eigenvalue weighted by Crippen LogP contribution is -1.96. The molecule has 0 saturated heterocycles. The van der Waals surface area contributed by atoms with Gasteiger partial charge in [0.25, 0.3) is 0 Å². The van der Waals surface area contributed by atoms with Gasteiger partial charge in [0.2, 0.25) is 0 Å². The average Bonchev–Trinajstić information content (AvgIpc) is 2.41. The number of rotatable bonds is 4. The van der Waals surface area contributed by atoms with Gasteiger partial charge < -0.3 is 5.73 Å². The molecule has 0 atom stereocenters. The zero-order valence-corrected chi connectivity index (χ0v) is 11.6. The van der Waals surface area contributed by atoms with Crippen molar-refractivity contribution in [3.8, 4) is 0 Å². The molecular formula is C14H12ClF2NS. The summed E-state index contributed by atoms with van der Waals surface area (Å²) in [7, 11) is 0. The standard InChI is InChI=1S/C14H12ClF2NS/c15-12-5-9(7-18)1-2-10(12)8-19-11-3-4-13(16)14(17)6-11/h1-6H,7-8,18H2. The monoisotopic (exact) mass is 299 g/mol. The lowest BCUT2D eigenvalue weighted by molar-refractivity contribution is 0.506. The number of halogens is 3. The molecule has 0 amide bonds. The van der Waals surface area contributed by atoms with Crippen molar-refractivity contribution in [1.82, 2.24) is 0 Å². The van der Waals surface area contributed by atoms with Crippen LogP contribution in [0.1, 0.15) is 11.1 Å². The molecule has 5 heteroatoms. The van der Waals surface area contributed by atoms with E-state index in [1.54, 1.807) is 6.07 Å². The van der Waals surface area contributed by atoms with Crippen LogP contribution in [0.4, 0.5) is 8.78 Å². The summed E-state index contributed by atoms with van der Waals surface area (Å²) in [4.78, 5) is 0.665. The van der Waals surface area contributed by atoms with E-state index in [0.717, 1.165) is 17.2 Å².